The third-order valence-electron chi connectivity index (χ3n) is 4.48. The second-order valence-corrected chi connectivity index (χ2v) is 9.94. The maximum atomic E-state index is 14.2. The number of nitrogens with zero attached hydrogens (tertiary/aromatic N) is 2. The number of thioether (sulfide) groups is 1. The Balaban J connectivity index is 1.62. The van der Waals surface area contributed by atoms with Gasteiger partial charge in [0.2, 0.25) is 5.91 Å². The number of amides is 1. The number of aromatic nitrogens is 1. The summed E-state index contributed by atoms with van der Waals surface area (Å²) in [6.45, 7) is 4.40. The van der Waals surface area contributed by atoms with Crippen molar-refractivity contribution in [3.8, 4) is 0 Å². The quantitative estimate of drug-likeness (QED) is 0.299. The summed E-state index contributed by atoms with van der Waals surface area (Å²) in [4.78, 5) is 20.1. The lowest BCUT2D eigenvalue weighted by Gasteiger charge is -2.19. The highest BCUT2D eigenvalue weighted by atomic mass is 32.2. The van der Waals surface area contributed by atoms with Crippen LogP contribution in [0.4, 0.5) is 13.9 Å². The van der Waals surface area contributed by atoms with Gasteiger partial charge in [-0.2, -0.15) is 0 Å². The van der Waals surface area contributed by atoms with Crippen LogP contribution in [0.25, 0.3) is 10.2 Å². The number of rotatable bonds is 7. The Bertz CT molecular complexity index is 1190. The van der Waals surface area contributed by atoms with Gasteiger partial charge in [0.1, 0.15) is 17.1 Å². The minimum atomic E-state index is -0.749. The molecule has 1 amide bonds. The number of fused-ring (bicyclic) bond motifs is 1. The number of carbonyl (C=O) groups excluding carboxylic acids is 1. The first-order valence-corrected chi connectivity index (χ1v) is 11.4. The van der Waals surface area contributed by atoms with Crippen LogP contribution in [0.3, 0.4) is 0 Å². The van der Waals surface area contributed by atoms with Crippen molar-refractivity contribution in [3.05, 3.63) is 77.8 Å². The number of anilines is 1. The van der Waals surface area contributed by atoms with Gasteiger partial charge in [0.05, 0.1) is 23.9 Å². The van der Waals surface area contributed by atoms with Crippen LogP contribution in [0.1, 0.15) is 25.2 Å². The van der Waals surface area contributed by atoms with E-state index < -0.39 is 11.6 Å². The van der Waals surface area contributed by atoms with Gasteiger partial charge in [-0.05, 0) is 35.9 Å². The van der Waals surface area contributed by atoms with Gasteiger partial charge in [0.25, 0.3) is 0 Å². The molecule has 0 bridgehead atoms. The lowest BCUT2D eigenvalue weighted by atomic mass is 10.1. The van der Waals surface area contributed by atoms with Gasteiger partial charge in [0, 0.05) is 16.2 Å². The van der Waals surface area contributed by atoms with Crippen molar-refractivity contribution in [2.24, 2.45) is 0 Å². The summed E-state index contributed by atoms with van der Waals surface area (Å²) in [5, 5.41) is 0.772. The Morgan fingerprint density at radius 3 is 2.65 bits per heavy atom. The van der Waals surface area contributed by atoms with E-state index in [0.29, 0.717) is 20.8 Å². The van der Waals surface area contributed by atoms with Crippen LogP contribution in [0.15, 0.2) is 64.1 Å². The van der Waals surface area contributed by atoms with Crippen molar-refractivity contribution in [2.45, 2.75) is 37.0 Å². The molecule has 0 N–H and O–H groups in total. The van der Waals surface area contributed by atoms with E-state index in [9.17, 15) is 13.6 Å². The lowest BCUT2D eigenvalue weighted by molar-refractivity contribution is -0.118. The fraction of sp³-hybridized carbons (Fsp3) is 0.217. The van der Waals surface area contributed by atoms with E-state index in [-0.39, 0.29) is 24.4 Å². The number of furan rings is 1. The second-order valence-electron chi connectivity index (χ2n) is 7.28. The average Bonchev–Trinajstić information content (AvgIpc) is 3.36. The highest BCUT2D eigenvalue weighted by molar-refractivity contribution is 7.99. The van der Waals surface area contributed by atoms with Gasteiger partial charge in [-0.1, -0.05) is 37.3 Å². The van der Waals surface area contributed by atoms with Gasteiger partial charge >= 0.3 is 0 Å². The molecule has 0 radical (unpaired) electrons. The molecule has 4 rings (SSSR count). The molecule has 2 heterocycles. The first kappa shape index (κ1) is 21.5. The Kier molecular flexibility index (Phi) is 6.38. The molecule has 4 nitrogen and oxygen atoms in total. The molecule has 0 spiro atoms. The maximum Gasteiger partial charge on any atom is 0.233 e. The zero-order valence-electron chi connectivity index (χ0n) is 17.0. The molecular formula is C23H20F2N2O2S2. The van der Waals surface area contributed by atoms with E-state index in [1.54, 1.807) is 23.9 Å². The standard InChI is InChI=1S/C23H20F2N2O2S2/c1-14(2)30-18-7-5-15(6-8-18)10-21(28)27(13-17-4-3-9-29-17)23-26-22-19(25)11-16(24)12-20(22)31-23/h3-9,11-12,14H,10,13H2,1-2H3. The van der Waals surface area contributed by atoms with Crippen LogP contribution in [0, 0.1) is 11.6 Å². The molecule has 31 heavy (non-hydrogen) atoms. The first-order chi connectivity index (χ1) is 14.9. The van der Waals surface area contributed by atoms with E-state index in [0.717, 1.165) is 27.9 Å². The predicted octanol–water partition coefficient (Wildman–Crippen LogP) is 6.44. The third kappa shape index (κ3) is 5.14. The van der Waals surface area contributed by atoms with Crippen LogP contribution >= 0.6 is 23.1 Å². The molecule has 2 aromatic heterocycles. The summed E-state index contributed by atoms with van der Waals surface area (Å²) in [6, 6.07) is 13.4. The minimum absolute atomic E-state index is 0.0497. The molecule has 2 aromatic carbocycles. The molecule has 0 saturated carbocycles. The van der Waals surface area contributed by atoms with Crippen molar-refractivity contribution >= 4 is 44.4 Å². The van der Waals surface area contributed by atoms with Crippen LogP contribution in [-0.4, -0.2) is 16.1 Å². The maximum absolute atomic E-state index is 14.2. The van der Waals surface area contributed by atoms with E-state index in [1.807, 2.05) is 24.3 Å². The fourth-order valence-electron chi connectivity index (χ4n) is 3.11. The minimum Gasteiger partial charge on any atom is -0.467 e. The largest absolute Gasteiger partial charge is 0.467 e. The molecule has 0 aliphatic rings. The Morgan fingerprint density at radius 1 is 1.19 bits per heavy atom. The molecule has 0 fully saturated rings. The topological polar surface area (TPSA) is 46.3 Å². The zero-order valence-corrected chi connectivity index (χ0v) is 18.6. The van der Waals surface area contributed by atoms with Crippen molar-refractivity contribution in [3.63, 3.8) is 0 Å². The lowest BCUT2D eigenvalue weighted by Crippen LogP contribution is -2.31. The molecular weight excluding hydrogens is 438 g/mol. The SMILES string of the molecule is CC(C)Sc1ccc(CC(=O)N(Cc2ccco2)c2nc3c(F)cc(F)cc3s2)cc1. The normalized spacial score (nSPS) is 11.4. The Morgan fingerprint density at radius 2 is 1.97 bits per heavy atom. The van der Waals surface area contributed by atoms with Crippen molar-refractivity contribution in [2.75, 3.05) is 4.90 Å². The Hall–Kier alpha value is -2.71. The van der Waals surface area contributed by atoms with Gasteiger partial charge in [-0.25, -0.2) is 13.8 Å². The van der Waals surface area contributed by atoms with E-state index in [4.69, 9.17) is 4.42 Å². The van der Waals surface area contributed by atoms with E-state index in [2.05, 4.69) is 18.8 Å². The summed E-state index contributed by atoms with van der Waals surface area (Å²) < 4.78 is 33.5. The van der Waals surface area contributed by atoms with E-state index >= 15 is 0 Å². The van der Waals surface area contributed by atoms with Crippen molar-refractivity contribution in [1.29, 1.82) is 0 Å². The predicted molar refractivity (Wildman–Crippen MR) is 121 cm³/mol. The van der Waals surface area contributed by atoms with Crippen LogP contribution in [0.5, 0.6) is 0 Å². The van der Waals surface area contributed by atoms with Crippen LogP contribution < -0.4 is 4.90 Å². The summed E-state index contributed by atoms with van der Waals surface area (Å²) in [5.41, 5.74) is 0.912. The smallest absolute Gasteiger partial charge is 0.233 e. The molecule has 4 aromatic rings. The summed E-state index contributed by atoms with van der Waals surface area (Å²) >= 11 is 2.83. The monoisotopic (exact) mass is 458 g/mol. The summed E-state index contributed by atoms with van der Waals surface area (Å²) in [5.74, 6) is -1.06. The summed E-state index contributed by atoms with van der Waals surface area (Å²) in [6.07, 6.45) is 1.68. The fourth-order valence-corrected chi connectivity index (χ4v) is 4.97. The number of halogens is 2. The second kappa shape index (κ2) is 9.20. The van der Waals surface area contributed by atoms with E-state index in [1.165, 1.54) is 17.2 Å². The molecule has 0 atom stereocenters. The molecule has 0 aliphatic heterocycles. The van der Waals surface area contributed by atoms with Gasteiger partial charge < -0.3 is 4.42 Å². The number of carbonyl (C=O) groups is 1. The van der Waals surface area contributed by atoms with Gasteiger partial charge in [-0.3, -0.25) is 9.69 Å². The number of hydrogen-bond donors (Lipinski definition) is 0. The van der Waals surface area contributed by atoms with Crippen LogP contribution in [0.2, 0.25) is 0 Å². The molecule has 0 unspecified atom stereocenters. The molecule has 160 valence electrons. The van der Waals surface area contributed by atoms with Crippen molar-refractivity contribution < 1.29 is 18.0 Å². The van der Waals surface area contributed by atoms with Gasteiger partial charge in [-0.15, -0.1) is 11.8 Å². The Labute approximate surface area is 186 Å². The zero-order chi connectivity index (χ0) is 22.0. The first-order valence-electron chi connectivity index (χ1n) is 9.73. The molecule has 0 aliphatic carbocycles. The molecule has 0 saturated heterocycles. The van der Waals surface area contributed by atoms with Crippen molar-refractivity contribution in [1.82, 2.24) is 4.98 Å². The average molecular weight is 459 g/mol. The number of thiazole rings is 1. The van der Waals surface area contributed by atoms with Gasteiger partial charge in [0.15, 0.2) is 10.9 Å². The number of benzene rings is 2. The molecule has 8 heteroatoms. The third-order valence-corrected chi connectivity index (χ3v) is 6.52. The van der Waals surface area contributed by atoms with Crippen LogP contribution in [-0.2, 0) is 17.8 Å². The summed E-state index contributed by atoms with van der Waals surface area (Å²) in [7, 11) is 0. The highest BCUT2D eigenvalue weighted by Crippen LogP contribution is 2.32. The highest BCUT2D eigenvalue weighted by Gasteiger charge is 2.23. The number of hydrogen-bond acceptors (Lipinski definition) is 5.